The first kappa shape index (κ1) is 15.1. The van der Waals surface area contributed by atoms with E-state index in [9.17, 15) is 18.0 Å². The zero-order valence-electron chi connectivity index (χ0n) is 11.5. The summed E-state index contributed by atoms with van der Waals surface area (Å²) < 4.78 is 43.2. The molecule has 0 spiro atoms. The third kappa shape index (κ3) is 3.24. The van der Waals surface area contributed by atoms with E-state index in [1.54, 1.807) is 25.1 Å². The van der Waals surface area contributed by atoms with E-state index in [-0.39, 0.29) is 11.1 Å². The summed E-state index contributed by atoms with van der Waals surface area (Å²) in [6.07, 6.45) is -4.48. The first-order valence-corrected chi connectivity index (χ1v) is 6.19. The fourth-order valence-electron chi connectivity index (χ4n) is 1.99. The molecule has 0 aliphatic rings. The summed E-state index contributed by atoms with van der Waals surface area (Å²) in [5.74, 6) is -0.162. The molecule has 0 aromatic heterocycles. The van der Waals surface area contributed by atoms with Gasteiger partial charge in [0.05, 0.1) is 18.2 Å². The fourth-order valence-corrected chi connectivity index (χ4v) is 1.99. The minimum atomic E-state index is -4.48. The zero-order chi connectivity index (χ0) is 15.6. The van der Waals surface area contributed by atoms with Gasteiger partial charge in [0.1, 0.15) is 5.75 Å². The van der Waals surface area contributed by atoms with Crippen LogP contribution in [0, 0.1) is 6.92 Å². The van der Waals surface area contributed by atoms with Crippen molar-refractivity contribution in [1.29, 1.82) is 0 Å². The average Bonchev–Trinajstić information content (AvgIpc) is 2.45. The van der Waals surface area contributed by atoms with E-state index < -0.39 is 17.5 Å². The van der Waals surface area contributed by atoms with Crippen LogP contribution in [0.15, 0.2) is 42.5 Å². The molecule has 0 N–H and O–H groups in total. The van der Waals surface area contributed by atoms with Crippen LogP contribution in [0.5, 0.6) is 5.75 Å². The number of benzene rings is 2. The summed E-state index contributed by atoms with van der Waals surface area (Å²) in [4.78, 5) is 12.4. The van der Waals surface area contributed by atoms with E-state index in [0.29, 0.717) is 5.75 Å². The molecule has 0 heterocycles. The third-order valence-corrected chi connectivity index (χ3v) is 3.05. The van der Waals surface area contributed by atoms with Crippen molar-refractivity contribution >= 4 is 5.78 Å². The molecule has 0 amide bonds. The molecule has 110 valence electrons. The van der Waals surface area contributed by atoms with Crippen LogP contribution in [0.1, 0.15) is 27.0 Å². The molecular weight excluding hydrogens is 281 g/mol. The number of carbonyl (C=O) groups is 1. The molecule has 0 saturated heterocycles. The van der Waals surface area contributed by atoms with E-state index in [1.165, 1.54) is 19.2 Å². The van der Waals surface area contributed by atoms with E-state index in [1.807, 2.05) is 0 Å². The number of ketones is 1. The Labute approximate surface area is 120 Å². The highest BCUT2D eigenvalue weighted by atomic mass is 19.4. The summed E-state index contributed by atoms with van der Waals surface area (Å²) in [6, 6.07) is 9.35. The van der Waals surface area contributed by atoms with Crippen LogP contribution in [-0.2, 0) is 6.18 Å². The Morgan fingerprint density at radius 1 is 1.10 bits per heavy atom. The quantitative estimate of drug-likeness (QED) is 0.791. The summed E-state index contributed by atoms with van der Waals surface area (Å²) >= 11 is 0. The van der Waals surface area contributed by atoms with Crippen molar-refractivity contribution in [3.63, 3.8) is 0 Å². The van der Waals surface area contributed by atoms with Gasteiger partial charge in [-0.1, -0.05) is 23.8 Å². The molecule has 0 saturated carbocycles. The number of methoxy groups -OCH3 is 1. The second-order valence-corrected chi connectivity index (χ2v) is 4.61. The standard InChI is InChI=1S/C16H13F3O2/c1-10-6-7-14(21-2)13(8-10)15(20)11-4-3-5-12(9-11)16(17,18)19/h3-9H,1-2H3. The SMILES string of the molecule is COc1ccc(C)cc1C(=O)c1cccc(C(F)(F)F)c1. The van der Waals surface area contributed by atoms with Gasteiger partial charge >= 0.3 is 6.18 Å². The number of hydrogen-bond acceptors (Lipinski definition) is 2. The van der Waals surface area contributed by atoms with Crippen LogP contribution in [-0.4, -0.2) is 12.9 Å². The Morgan fingerprint density at radius 2 is 1.81 bits per heavy atom. The number of aryl methyl sites for hydroxylation is 1. The van der Waals surface area contributed by atoms with Gasteiger partial charge in [-0.3, -0.25) is 4.79 Å². The van der Waals surface area contributed by atoms with Crippen LogP contribution in [0.3, 0.4) is 0 Å². The monoisotopic (exact) mass is 294 g/mol. The maximum absolute atomic E-state index is 12.7. The fraction of sp³-hybridized carbons (Fsp3) is 0.188. The number of ether oxygens (including phenoxy) is 1. The molecule has 0 atom stereocenters. The van der Waals surface area contributed by atoms with Crippen LogP contribution < -0.4 is 4.74 Å². The average molecular weight is 294 g/mol. The van der Waals surface area contributed by atoms with Gasteiger partial charge in [0.15, 0.2) is 5.78 Å². The summed E-state index contributed by atoms with van der Waals surface area (Å²) in [7, 11) is 1.41. The number of carbonyl (C=O) groups excluding carboxylic acids is 1. The van der Waals surface area contributed by atoms with Gasteiger partial charge in [0.25, 0.3) is 0 Å². The predicted octanol–water partition coefficient (Wildman–Crippen LogP) is 4.25. The molecule has 0 unspecified atom stereocenters. The summed E-state index contributed by atoms with van der Waals surface area (Å²) in [5.41, 5.74) is 0.205. The second-order valence-electron chi connectivity index (χ2n) is 4.61. The van der Waals surface area contributed by atoms with Crippen molar-refractivity contribution in [2.24, 2.45) is 0 Å². The highest BCUT2D eigenvalue weighted by Gasteiger charge is 2.31. The largest absolute Gasteiger partial charge is 0.496 e. The Morgan fingerprint density at radius 3 is 2.43 bits per heavy atom. The predicted molar refractivity (Wildman–Crippen MR) is 72.6 cm³/mol. The van der Waals surface area contributed by atoms with Gasteiger partial charge < -0.3 is 4.74 Å². The molecule has 2 aromatic carbocycles. The van der Waals surface area contributed by atoms with Crippen molar-refractivity contribution in [2.45, 2.75) is 13.1 Å². The van der Waals surface area contributed by atoms with Crippen molar-refractivity contribution in [3.05, 3.63) is 64.7 Å². The van der Waals surface area contributed by atoms with Crippen molar-refractivity contribution < 1.29 is 22.7 Å². The lowest BCUT2D eigenvalue weighted by Gasteiger charge is -2.11. The number of hydrogen-bond donors (Lipinski definition) is 0. The third-order valence-electron chi connectivity index (χ3n) is 3.05. The smallest absolute Gasteiger partial charge is 0.416 e. The normalized spacial score (nSPS) is 11.3. The highest BCUT2D eigenvalue weighted by Crippen LogP contribution is 2.31. The summed E-state index contributed by atoms with van der Waals surface area (Å²) in [6.45, 7) is 1.79. The summed E-state index contributed by atoms with van der Waals surface area (Å²) in [5, 5.41) is 0. The molecule has 21 heavy (non-hydrogen) atoms. The Kier molecular flexibility index (Phi) is 4.02. The maximum Gasteiger partial charge on any atom is 0.416 e. The minimum absolute atomic E-state index is 0.0197. The molecule has 5 heteroatoms. The first-order valence-electron chi connectivity index (χ1n) is 6.19. The van der Waals surface area contributed by atoms with Gasteiger partial charge in [0, 0.05) is 5.56 Å². The zero-order valence-corrected chi connectivity index (χ0v) is 11.5. The molecule has 2 aromatic rings. The van der Waals surface area contributed by atoms with Crippen molar-refractivity contribution in [1.82, 2.24) is 0 Å². The maximum atomic E-state index is 12.7. The lowest BCUT2D eigenvalue weighted by molar-refractivity contribution is -0.137. The van der Waals surface area contributed by atoms with Crippen LogP contribution >= 0.6 is 0 Å². The van der Waals surface area contributed by atoms with E-state index in [4.69, 9.17) is 4.74 Å². The van der Waals surface area contributed by atoms with E-state index in [2.05, 4.69) is 0 Å². The van der Waals surface area contributed by atoms with Crippen molar-refractivity contribution in [3.8, 4) is 5.75 Å². The lowest BCUT2D eigenvalue weighted by atomic mass is 9.99. The first-order chi connectivity index (χ1) is 9.82. The minimum Gasteiger partial charge on any atom is -0.496 e. The molecule has 0 aliphatic heterocycles. The van der Waals surface area contributed by atoms with Gasteiger partial charge in [-0.15, -0.1) is 0 Å². The van der Waals surface area contributed by atoms with Gasteiger partial charge in [-0.25, -0.2) is 0 Å². The highest BCUT2D eigenvalue weighted by molar-refractivity contribution is 6.10. The van der Waals surface area contributed by atoms with Crippen LogP contribution in [0.4, 0.5) is 13.2 Å². The molecular formula is C16H13F3O2. The number of halogens is 3. The topological polar surface area (TPSA) is 26.3 Å². The van der Waals surface area contributed by atoms with Crippen LogP contribution in [0.25, 0.3) is 0 Å². The Hall–Kier alpha value is -2.30. The number of alkyl halides is 3. The molecule has 2 rings (SSSR count). The van der Waals surface area contributed by atoms with Crippen LogP contribution in [0.2, 0.25) is 0 Å². The molecule has 0 bridgehead atoms. The molecule has 0 aliphatic carbocycles. The Bertz CT molecular complexity index is 675. The lowest BCUT2D eigenvalue weighted by Crippen LogP contribution is -2.09. The second kappa shape index (κ2) is 5.60. The molecule has 0 fully saturated rings. The van der Waals surface area contributed by atoms with E-state index >= 15 is 0 Å². The Balaban J connectivity index is 2.48. The number of rotatable bonds is 3. The van der Waals surface area contributed by atoms with Gasteiger partial charge in [-0.2, -0.15) is 13.2 Å². The molecule has 0 radical (unpaired) electrons. The van der Waals surface area contributed by atoms with E-state index in [0.717, 1.165) is 17.7 Å². The molecule has 2 nitrogen and oxygen atoms in total. The van der Waals surface area contributed by atoms with Gasteiger partial charge in [-0.05, 0) is 31.2 Å². The van der Waals surface area contributed by atoms with Gasteiger partial charge in [0.2, 0.25) is 0 Å². The van der Waals surface area contributed by atoms with Crippen molar-refractivity contribution in [2.75, 3.05) is 7.11 Å².